The maximum absolute atomic E-state index is 12.6. The quantitative estimate of drug-likeness (QED) is 0.150. The van der Waals surface area contributed by atoms with Crippen molar-refractivity contribution in [2.75, 3.05) is 13.7 Å². The fourth-order valence-corrected chi connectivity index (χ4v) is 5.19. The van der Waals surface area contributed by atoms with Gasteiger partial charge in [0.1, 0.15) is 35.5 Å². The van der Waals surface area contributed by atoms with Crippen LogP contribution in [-0.2, 0) is 11.4 Å². The van der Waals surface area contributed by atoms with Crippen molar-refractivity contribution in [3.05, 3.63) is 122 Å². The van der Waals surface area contributed by atoms with E-state index in [1.807, 2.05) is 38.1 Å². The van der Waals surface area contributed by atoms with E-state index in [4.69, 9.17) is 52.6 Å². The van der Waals surface area contributed by atoms with Crippen LogP contribution in [0, 0.1) is 25.2 Å². The Kier molecular flexibility index (Phi) is 9.19. The number of rotatable bonds is 9. The first-order valence-electron chi connectivity index (χ1n) is 13.5. The number of aryl methyl sites for hydroxylation is 2. The minimum Gasteiger partial charge on any atom is -0.493 e. The number of fused-ring (bicyclic) bond motifs is 1. The van der Waals surface area contributed by atoms with Gasteiger partial charge in [-0.25, -0.2) is 4.79 Å². The molecular weight excluding hydrogens is 603 g/mol. The number of nitrogens with zero attached hydrogens (tertiary/aromatic N) is 1. The normalized spacial score (nSPS) is 13.8. The molecule has 0 bridgehead atoms. The Morgan fingerprint density at radius 1 is 0.955 bits per heavy atom. The molecule has 5 rings (SSSR count). The highest BCUT2D eigenvalue weighted by Crippen LogP contribution is 2.45. The van der Waals surface area contributed by atoms with Crippen molar-refractivity contribution in [3.8, 4) is 34.8 Å². The SMILES string of the molecule is COc1cc(C2C(C#N)=C(N)Oc3cc(OC(=O)COc4cc(C)c(Cl)c(C)c4)ccc32)ccc1OCc1ccccc1Cl. The average Bonchev–Trinajstić information content (AvgIpc) is 3.01. The lowest BCUT2D eigenvalue weighted by atomic mass is 9.83. The van der Waals surface area contributed by atoms with Gasteiger partial charge < -0.3 is 29.4 Å². The van der Waals surface area contributed by atoms with Crippen molar-refractivity contribution in [1.82, 2.24) is 0 Å². The Balaban J connectivity index is 1.35. The summed E-state index contributed by atoms with van der Waals surface area (Å²) < 4.78 is 28.5. The molecule has 1 aliphatic heterocycles. The van der Waals surface area contributed by atoms with Gasteiger partial charge in [0.2, 0.25) is 5.88 Å². The molecule has 10 heteroatoms. The highest BCUT2D eigenvalue weighted by molar-refractivity contribution is 6.32. The van der Waals surface area contributed by atoms with Gasteiger partial charge in [-0.15, -0.1) is 0 Å². The summed E-state index contributed by atoms with van der Waals surface area (Å²) in [5.74, 6) is 0.829. The number of nitriles is 1. The number of allylic oxidation sites excluding steroid dienone is 1. The first kappa shape index (κ1) is 30.6. The molecule has 4 aromatic rings. The van der Waals surface area contributed by atoms with Crippen LogP contribution < -0.4 is 29.4 Å². The van der Waals surface area contributed by atoms with Crippen molar-refractivity contribution in [2.45, 2.75) is 26.4 Å². The molecule has 0 radical (unpaired) electrons. The number of hydrogen-bond donors (Lipinski definition) is 1. The van der Waals surface area contributed by atoms with E-state index in [-0.39, 0.29) is 30.4 Å². The number of ether oxygens (including phenoxy) is 5. The molecule has 44 heavy (non-hydrogen) atoms. The number of methoxy groups -OCH3 is 1. The van der Waals surface area contributed by atoms with Crippen molar-refractivity contribution in [2.24, 2.45) is 5.73 Å². The van der Waals surface area contributed by atoms with E-state index in [9.17, 15) is 10.1 Å². The maximum Gasteiger partial charge on any atom is 0.349 e. The lowest BCUT2D eigenvalue weighted by Crippen LogP contribution is -2.22. The van der Waals surface area contributed by atoms with E-state index < -0.39 is 11.9 Å². The van der Waals surface area contributed by atoms with Crippen molar-refractivity contribution >= 4 is 29.2 Å². The molecule has 2 N–H and O–H groups in total. The van der Waals surface area contributed by atoms with Crippen LogP contribution in [0.1, 0.15) is 33.7 Å². The van der Waals surface area contributed by atoms with E-state index in [2.05, 4.69) is 6.07 Å². The summed E-state index contributed by atoms with van der Waals surface area (Å²) in [5.41, 5.74) is 10.3. The lowest BCUT2D eigenvalue weighted by Gasteiger charge is -2.27. The van der Waals surface area contributed by atoms with Crippen molar-refractivity contribution < 1.29 is 28.5 Å². The van der Waals surface area contributed by atoms with Gasteiger partial charge >= 0.3 is 5.97 Å². The molecule has 0 saturated carbocycles. The molecule has 0 spiro atoms. The van der Waals surface area contributed by atoms with E-state index in [1.54, 1.807) is 48.5 Å². The first-order chi connectivity index (χ1) is 21.2. The lowest BCUT2D eigenvalue weighted by molar-refractivity contribution is -0.136. The Morgan fingerprint density at radius 3 is 2.41 bits per heavy atom. The number of hydrogen-bond acceptors (Lipinski definition) is 8. The zero-order valence-corrected chi connectivity index (χ0v) is 25.7. The van der Waals surface area contributed by atoms with Gasteiger partial charge in [-0.1, -0.05) is 53.5 Å². The van der Waals surface area contributed by atoms with Gasteiger partial charge in [-0.3, -0.25) is 0 Å². The number of esters is 1. The molecule has 0 aliphatic carbocycles. The van der Waals surface area contributed by atoms with Gasteiger partial charge in [0.05, 0.1) is 13.0 Å². The van der Waals surface area contributed by atoms with Gasteiger partial charge in [-0.2, -0.15) is 5.26 Å². The summed E-state index contributed by atoms with van der Waals surface area (Å²) >= 11 is 12.5. The van der Waals surface area contributed by atoms with Crippen LogP contribution in [0.5, 0.6) is 28.7 Å². The van der Waals surface area contributed by atoms with Gasteiger partial charge in [0.25, 0.3) is 0 Å². The van der Waals surface area contributed by atoms with Crippen LogP contribution in [-0.4, -0.2) is 19.7 Å². The van der Waals surface area contributed by atoms with Crippen molar-refractivity contribution in [1.29, 1.82) is 5.26 Å². The van der Waals surface area contributed by atoms with Gasteiger partial charge in [0, 0.05) is 27.2 Å². The van der Waals surface area contributed by atoms with E-state index in [1.165, 1.54) is 7.11 Å². The monoisotopic (exact) mass is 630 g/mol. The third-order valence-corrected chi connectivity index (χ3v) is 8.02. The highest BCUT2D eigenvalue weighted by atomic mass is 35.5. The third kappa shape index (κ3) is 6.55. The second kappa shape index (κ2) is 13.2. The fourth-order valence-electron chi connectivity index (χ4n) is 4.89. The second-order valence-electron chi connectivity index (χ2n) is 10.0. The molecule has 0 amide bonds. The van der Waals surface area contributed by atoms with Crippen LogP contribution >= 0.6 is 23.2 Å². The van der Waals surface area contributed by atoms with Gasteiger partial charge in [-0.05, 0) is 66.9 Å². The molecule has 0 aromatic heterocycles. The predicted molar refractivity (Wildman–Crippen MR) is 167 cm³/mol. The molecule has 1 aliphatic rings. The smallest absolute Gasteiger partial charge is 0.349 e. The molecular formula is C34H28Cl2N2O6. The summed E-state index contributed by atoms with van der Waals surface area (Å²) in [6.07, 6.45) is 0. The van der Waals surface area contributed by atoms with Crippen LogP contribution in [0.3, 0.4) is 0 Å². The number of benzene rings is 4. The molecule has 1 heterocycles. The van der Waals surface area contributed by atoms with E-state index in [0.29, 0.717) is 38.6 Å². The second-order valence-corrected chi connectivity index (χ2v) is 10.8. The zero-order chi connectivity index (χ0) is 31.4. The molecule has 8 nitrogen and oxygen atoms in total. The number of carbonyl (C=O) groups is 1. The van der Waals surface area contributed by atoms with Crippen LogP contribution in [0.2, 0.25) is 10.0 Å². The molecule has 0 saturated heterocycles. The Labute approximate surface area is 265 Å². The predicted octanol–water partition coefficient (Wildman–Crippen LogP) is 7.40. The fraction of sp³-hybridized carbons (Fsp3) is 0.176. The molecule has 224 valence electrons. The summed E-state index contributed by atoms with van der Waals surface area (Å²) in [6.45, 7) is 3.66. The third-order valence-electron chi connectivity index (χ3n) is 7.05. The summed E-state index contributed by atoms with van der Waals surface area (Å²) in [4.78, 5) is 12.6. The summed E-state index contributed by atoms with van der Waals surface area (Å²) in [5, 5.41) is 11.2. The van der Waals surface area contributed by atoms with E-state index >= 15 is 0 Å². The Morgan fingerprint density at radius 2 is 1.70 bits per heavy atom. The molecule has 4 aromatic carbocycles. The average molecular weight is 632 g/mol. The number of halogens is 2. The largest absolute Gasteiger partial charge is 0.493 e. The minimum absolute atomic E-state index is 0.0525. The van der Waals surface area contributed by atoms with Crippen LogP contribution in [0.15, 0.2) is 84.3 Å². The summed E-state index contributed by atoms with van der Waals surface area (Å²) in [7, 11) is 1.54. The summed E-state index contributed by atoms with van der Waals surface area (Å²) in [6, 6.07) is 23.4. The van der Waals surface area contributed by atoms with E-state index in [0.717, 1.165) is 22.3 Å². The highest BCUT2D eigenvalue weighted by Gasteiger charge is 2.32. The van der Waals surface area contributed by atoms with Crippen LogP contribution in [0.4, 0.5) is 0 Å². The topological polar surface area (TPSA) is 113 Å². The van der Waals surface area contributed by atoms with Crippen molar-refractivity contribution in [3.63, 3.8) is 0 Å². The van der Waals surface area contributed by atoms with Crippen LogP contribution in [0.25, 0.3) is 0 Å². The standard InChI is InChI=1S/C34H28Cl2N2O6/c1-19-12-24(13-20(2)33(19)36)41-18-31(39)43-23-9-10-25-29(15-23)44-34(38)26(16-37)32(25)21-8-11-28(30(14-21)40-3)42-17-22-6-4-5-7-27(22)35/h4-15,32H,17-18,38H2,1-3H3. The molecule has 1 unspecified atom stereocenters. The number of carbonyl (C=O) groups excluding carboxylic acids is 1. The Hall–Kier alpha value is -4.84. The van der Waals surface area contributed by atoms with Gasteiger partial charge in [0.15, 0.2) is 18.1 Å². The number of nitrogens with two attached hydrogens (primary N) is 1. The molecule has 0 fully saturated rings. The minimum atomic E-state index is -0.610. The Bertz CT molecular complexity index is 1790. The first-order valence-corrected chi connectivity index (χ1v) is 14.3. The molecule has 1 atom stereocenters. The zero-order valence-electron chi connectivity index (χ0n) is 24.1. The maximum atomic E-state index is 12.6.